The molecule has 0 aromatic heterocycles. The summed E-state index contributed by atoms with van der Waals surface area (Å²) in [4.78, 5) is 17.1. The van der Waals surface area contributed by atoms with Gasteiger partial charge in [0, 0.05) is 38.3 Å². The number of fused-ring (bicyclic) bond motifs is 1. The minimum atomic E-state index is 0.0496. The van der Waals surface area contributed by atoms with Crippen LogP contribution in [0.2, 0.25) is 0 Å². The largest absolute Gasteiger partial charge is 0.383 e. The second kappa shape index (κ2) is 6.99. The normalized spacial score (nSPS) is 25.3. The maximum Gasteiger partial charge on any atom is 0.254 e. The van der Waals surface area contributed by atoms with Gasteiger partial charge in [0.1, 0.15) is 0 Å². The van der Waals surface area contributed by atoms with Crippen molar-refractivity contribution in [1.29, 1.82) is 0 Å². The van der Waals surface area contributed by atoms with Gasteiger partial charge in [0.05, 0.1) is 12.6 Å². The first-order valence-corrected chi connectivity index (χ1v) is 8.44. The molecule has 0 spiro atoms. The summed E-state index contributed by atoms with van der Waals surface area (Å²) in [6.45, 7) is 3.30. The molecule has 126 valence electrons. The van der Waals surface area contributed by atoms with E-state index in [1.807, 2.05) is 11.0 Å². The topological polar surface area (TPSA) is 58.8 Å². The van der Waals surface area contributed by atoms with Crippen molar-refractivity contribution in [3.05, 3.63) is 34.9 Å². The van der Waals surface area contributed by atoms with Gasteiger partial charge in [-0.15, -0.1) is 0 Å². The van der Waals surface area contributed by atoms with Crippen LogP contribution in [0.1, 0.15) is 27.9 Å². The summed E-state index contributed by atoms with van der Waals surface area (Å²) in [5, 5.41) is 0. The molecule has 3 rings (SSSR count). The Morgan fingerprint density at radius 1 is 1.30 bits per heavy atom. The van der Waals surface area contributed by atoms with Crippen LogP contribution in [0, 0.1) is 0 Å². The highest BCUT2D eigenvalue weighted by molar-refractivity contribution is 5.95. The van der Waals surface area contributed by atoms with E-state index in [9.17, 15) is 4.79 Å². The Morgan fingerprint density at radius 2 is 2.04 bits per heavy atom. The molecule has 0 radical (unpaired) electrons. The van der Waals surface area contributed by atoms with Gasteiger partial charge in [-0.1, -0.05) is 6.07 Å². The minimum absolute atomic E-state index is 0.0496. The Balaban J connectivity index is 1.80. The molecule has 1 saturated heterocycles. The lowest BCUT2D eigenvalue weighted by Crippen LogP contribution is -2.38. The molecule has 2 aliphatic rings. The van der Waals surface area contributed by atoms with Crippen LogP contribution in [0.15, 0.2) is 18.2 Å². The lowest BCUT2D eigenvalue weighted by atomic mass is 9.99. The fourth-order valence-electron chi connectivity index (χ4n) is 3.69. The SMILES string of the molecule is COCC1CC(N)CN1C(=O)c1ccc2c(c1)CCN(C)CC2. The second-order valence-electron chi connectivity index (χ2n) is 6.85. The Morgan fingerprint density at radius 3 is 2.78 bits per heavy atom. The highest BCUT2D eigenvalue weighted by atomic mass is 16.5. The van der Waals surface area contributed by atoms with Gasteiger partial charge in [-0.05, 0) is 49.6 Å². The zero-order valence-electron chi connectivity index (χ0n) is 14.1. The summed E-state index contributed by atoms with van der Waals surface area (Å²) in [6.07, 6.45) is 2.88. The third-order valence-electron chi connectivity index (χ3n) is 5.05. The van der Waals surface area contributed by atoms with Crippen LogP contribution in [-0.2, 0) is 17.6 Å². The molecule has 1 amide bonds. The van der Waals surface area contributed by atoms with E-state index in [4.69, 9.17) is 10.5 Å². The van der Waals surface area contributed by atoms with Crippen LogP contribution in [0.5, 0.6) is 0 Å². The van der Waals surface area contributed by atoms with Gasteiger partial charge >= 0.3 is 0 Å². The van der Waals surface area contributed by atoms with Gasteiger partial charge in [-0.25, -0.2) is 0 Å². The van der Waals surface area contributed by atoms with E-state index in [2.05, 4.69) is 24.1 Å². The van der Waals surface area contributed by atoms with E-state index in [-0.39, 0.29) is 18.0 Å². The van der Waals surface area contributed by atoms with Crippen LogP contribution in [-0.4, -0.2) is 68.2 Å². The fraction of sp³-hybridized carbons (Fsp3) is 0.611. The van der Waals surface area contributed by atoms with E-state index in [1.54, 1.807) is 7.11 Å². The predicted molar refractivity (Wildman–Crippen MR) is 90.6 cm³/mol. The zero-order valence-corrected chi connectivity index (χ0v) is 14.1. The van der Waals surface area contributed by atoms with E-state index >= 15 is 0 Å². The average Bonchev–Trinajstić information content (AvgIpc) is 2.80. The zero-order chi connectivity index (χ0) is 16.4. The Bertz CT molecular complexity index is 575. The molecule has 2 aliphatic heterocycles. The van der Waals surface area contributed by atoms with Gasteiger partial charge in [0.2, 0.25) is 0 Å². The number of ether oxygens (including phenoxy) is 1. The van der Waals surface area contributed by atoms with Crippen LogP contribution in [0.4, 0.5) is 0 Å². The molecule has 0 bridgehead atoms. The van der Waals surface area contributed by atoms with Gasteiger partial charge in [-0.3, -0.25) is 4.79 Å². The van der Waals surface area contributed by atoms with Crippen LogP contribution < -0.4 is 5.73 Å². The van der Waals surface area contributed by atoms with Crippen LogP contribution in [0.25, 0.3) is 0 Å². The average molecular weight is 317 g/mol. The number of benzene rings is 1. The summed E-state index contributed by atoms with van der Waals surface area (Å²) in [6, 6.07) is 6.33. The van der Waals surface area contributed by atoms with Gasteiger partial charge in [0.25, 0.3) is 5.91 Å². The summed E-state index contributed by atoms with van der Waals surface area (Å²) >= 11 is 0. The van der Waals surface area contributed by atoms with Crippen molar-refractivity contribution < 1.29 is 9.53 Å². The summed E-state index contributed by atoms with van der Waals surface area (Å²) < 4.78 is 5.25. The maximum atomic E-state index is 12.9. The number of carbonyl (C=O) groups is 1. The number of hydrogen-bond acceptors (Lipinski definition) is 4. The summed E-state index contributed by atoms with van der Waals surface area (Å²) in [5.41, 5.74) is 9.52. The van der Waals surface area contributed by atoms with Gasteiger partial charge in [0.15, 0.2) is 0 Å². The smallest absolute Gasteiger partial charge is 0.254 e. The summed E-state index contributed by atoms with van der Waals surface area (Å²) in [5.74, 6) is 0.0837. The third kappa shape index (κ3) is 3.57. The minimum Gasteiger partial charge on any atom is -0.383 e. The van der Waals surface area contributed by atoms with Crippen LogP contribution >= 0.6 is 0 Å². The van der Waals surface area contributed by atoms with Crippen LogP contribution in [0.3, 0.4) is 0 Å². The Kier molecular flexibility index (Phi) is 4.99. The number of rotatable bonds is 3. The third-order valence-corrected chi connectivity index (χ3v) is 5.05. The second-order valence-corrected chi connectivity index (χ2v) is 6.85. The first kappa shape index (κ1) is 16.4. The summed E-state index contributed by atoms with van der Waals surface area (Å²) in [7, 11) is 3.82. The van der Waals surface area contributed by atoms with E-state index in [0.29, 0.717) is 13.2 Å². The molecule has 2 atom stereocenters. The van der Waals surface area contributed by atoms with Crippen molar-refractivity contribution in [2.45, 2.75) is 31.3 Å². The highest BCUT2D eigenvalue weighted by Gasteiger charge is 2.34. The number of amides is 1. The Labute approximate surface area is 138 Å². The van der Waals surface area contributed by atoms with Crippen molar-refractivity contribution >= 4 is 5.91 Å². The molecule has 5 heteroatoms. The predicted octanol–water partition coefficient (Wildman–Crippen LogP) is 0.905. The number of carbonyl (C=O) groups excluding carboxylic acids is 1. The Hall–Kier alpha value is -1.43. The van der Waals surface area contributed by atoms with Crippen molar-refractivity contribution in [3.63, 3.8) is 0 Å². The molecular formula is C18H27N3O2. The molecule has 1 aromatic rings. The van der Waals surface area contributed by atoms with Gasteiger partial charge in [-0.2, -0.15) is 0 Å². The molecule has 2 N–H and O–H groups in total. The first-order valence-electron chi connectivity index (χ1n) is 8.44. The highest BCUT2D eigenvalue weighted by Crippen LogP contribution is 2.23. The lowest BCUT2D eigenvalue weighted by Gasteiger charge is -2.24. The van der Waals surface area contributed by atoms with Crippen molar-refractivity contribution in [2.24, 2.45) is 5.73 Å². The maximum absolute atomic E-state index is 12.9. The first-order chi connectivity index (χ1) is 11.1. The van der Waals surface area contributed by atoms with Gasteiger partial charge < -0.3 is 20.3 Å². The number of likely N-dealkylation sites (N-methyl/N-ethyl adjacent to an activating group) is 1. The number of likely N-dealkylation sites (tertiary alicyclic amines) is 1. The quantitative estimate of drug-likeness (QED) is 0.900. The number of hydrogen-bond donors (Lipinski definition) is 1. The van der Waals surface area contributed by atoms with Crippen molar-refractivity contribution in [2.75, 3.05) is 40.4 Å². The van der Waals surface area contributed by atoms with E-state index in [1.165, 1.54) is 11.1 Å². The number of nitrogens with two attached hydrogens (primary N) is 1. The standard InChI is InChI=1S/C18H27N3O2/c1-20-7-5-13-3-4-15(9-14(13)6-8-20)18(22)21-11-16(19)10-17(21)12-23-2/h3-4,9,16-17H,5-8,10-12,19H2,1-2H3. The molecule has 1 fully saturated rings. The molecule has 2 unspecified atom stereocenters. The fourth-order valence-corrected chi connectivity index (χ4v) is 3.69. The molecule has 0 aliphatic carbocycles. The molecule has 2 heterocycles. The molecule has 5 nitrogen and oxygen atoms in total. The van der Waals surface area contributed by atoms with Crippen molar-refractivity contribution in [1.82, 2.24) is 9.80 Å². The van der Waals surface area contributed by atoms with E-state index < -0.39 is 0 Å². The monoisotopic (exact) mass is 317 g/mol. The lowest BCUT2D eigenvalue weighted by molar-refractivity contribution is 0.0630. The number of nitrogens with zero attached hydrogens (tertiary/aromatic N) is 2. The molecular weight excluding hydrogens is 290 g/mol. The molecule has 0 saturated carbocycles. The molecule has 23 heavy (non-hydrogen) atoms. The number of methoxy groups -OCH3 is 1. The van der Waals surface area contributed by atoms with Crippen molar-refractivity contribution in [3.8, 4) is 0 Å². The van der Waals surface area contributed by atoms with E-state index in [0.717, 1.165) is 37.9 Å². The molecule has 1 aromatic carbocycles.